The SMILES string of the molecule is O=C1C[NH+](CC(=O)Nc2ccc(Cl)c(Cl)c2)CCN1. The predicted octanol–water partition coefficient (Wildman–Crippen LogP) is -0.0534. The molecule has 0 saturated carbocycles. The number of hydrogen-bond acceptors (Lipinski definition) is 2. The summed E-state index contributed by atoms with van der Waals surface area (Å²) in [4.78, 5) is 24.0. The Morgan fingerprint density at radius 1 is 1.37 bits per heavy atom. The van der Waals surface area contributed by atoms with Crippen LogP contribution >= 0.6 is 23.2 Å². The fraction of sp³-hybridized carbons (Fsp3) is 0.333. The summed E-state index contributed by atoms with van der Waals surface area (Å²) in [5, 5.41) is 6.30. The van der Waals surface area contributed by atoms with Gasteiger partial charge in [-0.15, -0.1) is 0 Å². The highest BCUT2D eigenvalue weighted by Crippen LogP contribution is 2.24. The van der Waals surface area contributed by atoms with Gasteiger partial charge in [-0.1, -0.05) is 23.2 Å². The van der Waals surface area contributed by atoms with Gasteiger partial charge in [-0.25, -0.2) is 0 Å². The van der Waals surface area contributed by atoms with Crippen LogP contribution in [0.5, 0.6) is 0 Å². The van der Waals surface area contributed by atoms with E-state index in [4.69, 9.17) is 23.2 Å². The molecule has 2 rings (SSSR count). The van der Waals surface area contributed by atoms with Crippen molar-refractivity contribution in [1.82, 2.24) is 5.32 Å². The van der Waals surface area contributed by atoms with E-state index in [0.29, 0.717) is 28.8 Å². The van der Waals surface area contributed by atoms with Crippen molar-refractivity contribution in [2.75, 3.05) is 31.5 Å². The Morgan fingerprint density at radius 3 is 2.84 bits per heavy atom. The second-order valence-corrected chi connectivity index (χ2v) is 5.19. The van der Waals surface area contributed by atoms with Gasteiger partial charge in [-0.3, -0.25) is 9.59 Å². The van der Waals surface area contributed by atoms with Crippen molar-refractivity contribution in [3.63, 3.8) is 0 Å². The first-order chi connectivity index (χ1) is 9.04. The van der Waals surface area contributed by atoms with Gasteiger partial charge >= 0.3 is 0 Å². The minimum absolute atomic E-state index is 0.0245. The summed E-state index contributed by atoms with van der Waals surface area (Å²) in [6.45, 7) is 1.94. The minimum atomic E-state index is -0.150. The van der Waals surface area contributed by atoms with Crippen molar-refractivity contribution in [1.29, 1.82) is 0 Å². The average Bonchev–Trinajstić information content (AvgIpc) is 2.34. The molecule has 19 heavy (non-hydrogen) atoms. The number of hydrogen-bond donors (Lipinski definition) is 3. The monoisotopic (exact) mass is 302 g/mol. The molecule has 0 aromatic heterocycles. The molecule has 1 fully saturated rings. The van der Waals surface area contributed by atoms with E-state index in [0.717, 1.165) is 11.4 Å². The Morgan fingerprint density at radius 2 is 2.16 bits per heavy atom. The number of quaternary nitrogens is 1. The van der Waals surface area contributed by atoms with Crippen LogP contribution in [0.2, 0.25) is 10.0 Å². The Kier molecular flexibility index (Phi) is 4.63. The maximum atomic E-state index is 11.8. The summed E-state index contributed by atoms with van der Waals surface area (Å²) in [6, 6.07) is 4.91. The largest absolute Gasteiger partial charge is 0.346 e. The molecular weight excluding hydrogens is 289 g/mol. The summed E-state index contributed by atoms with van der Waals surface area (Å²) in [5.41, 5.74) is 0.597. The number of carbonyl (C=O) groups is 2. The van der Waals surface area contributed by atoms with E-state index in [1.807, 2.05) is 0 Å². The molecule has 1 heterocycles. The van der Waals surface area contributed by atoms with E-state index in [-0.39, 0.29) is 18.4 Å². The van der Waals surface area contributed by atoms with Gasteiger partial charge in [0, 0.05) is 5.69 Å². The smallest absolute Gasteiger partial charge is 0.279 e. The summed E-state index contributed by atoms with van der Waals surface area (Å²) < 4.78 is 0. The normalized spacial score (nSPS) is 18.8. The van der Waals surface area contributed by atoms with E-state index in [1.54, 1.807) is 18.2 Å². The molecule has 1 unspecified atom stereocenters. The molecule has 5 nitrogen and oxygen atoms in total. The average molecular weight is 303 g/mol. The molecular formula is C12H14Cl2N3O2+. The van der Waals surface area contributed by atoms with Gasteiger partial charge in [-0.2, -0.15) is 0 Å². The third-order valence-corrected chi connectivity index (χ3v) is 3.56. The second-order valence-electron chi connectivity index (χ2n) is 4.38. The molecule has 1 aliphatic heterocycles. The summed E-state index contributed by atoms with van der Waals surface area (Å²) in [6.07, 6.45) is 0. The number of benzene rings is 1. The standard InChI is InChI=1S/C12H13Cl2N3O2/c13-9-2-1-8(5-10(9)14)16-12(19)7-17-4-3-15-11(18)6-17/h1-2,5H,3-4,6-7H2,(H,15,18)(H,16,19)/p+1. The molecule has 0 bridgehead atoms. The molecule has 1 saturated heterocycles. The number of halogens is 2. The fourth-order valence-corrected chi connectivity index (χ4v) is 2.21. The van der Waals surface area contributed by atoms with E-state index in [9.17, 15) is 9.59 Å². The zero-order valence-corrected chi connectivity index (χ0v) is 11.6. The molecule has 3 N–H and O–H groups in total. The van der Waals surface area contributed by atoms with Crippen molar-refractivity contribution in [2.45, 2.75) is 0 Å². The van der Waals surface area contributed by atoms with Crippen LogP contribution in [0.1, 0.15) is 0 Å². The third-order valence-electron chi connectivity index (χ3n) is 2.83. The van der Waals surface area contributed by atoms with Crippen LogP contribution in [0.3, 0.4) is 0 Å². The number of carbonyl (C=O) groups excluding carboxylic acids is 2. The first-order valence-corrected chi connectivity index (χ1v) is 6.65. The maximum absolute atomic E-state index is 11.8. The van der Waals surface area contributed by atoms with Gasteiger partial charge in [0.15, 0.2) is 13.1 Å². The van der Waals surface area contributed by atoms with Gasteiger partial charge in [-0.05, 0) is 18.2 Å². The number of amides is 2. The highest BCUT2D eigenvalue weighted by Gasteiger charge is 2.22. The van der Waals surface area contributed by atoms with Gasteiger partial charge in [0.25, 0.3) is 11.8 Å². The van der Waals surface area contributed by atoms with Gasteiger partial charge in [0.1, 0.15) is 0 Å². The Hall–Kier alpha value is -1.30. The fourth-order valence-electron chi connectivity index (χ4n) is 1.91. The molecule has 1 aromatic rings. The molecule has 0 radical (unpaired) electrons. The number of piperazine rings is 1. The lowest BCUT2D eigenvalue weighted by molar-refractivity contribution is -0.885. The van der Waals surface area contributed by atoms with Crippen molar-refractivity contribution in [2.24, 2.45) is 0 Å². The van der Waals surface area contributed by atoms with Crippen LogP contribution in [0, 0.1) is 0 Å². The molecule has 0 aliphatic carbocycles. The van der Waals surface area contributed by atoms with Gasteiger partial charge in [0.2, 0.25) is 0 Å². The zero-order valence-electron chi connectivity index (χ0n) is 10.1. The topological polar surface area (TPSA) is 62.6 Å². The lowest BCUT2D eigenvalue weighted by atomic mass is 10.3. The van der Waals surface area contributed by atoms with Crippen molar-refractivity contribution >= 4 is 40.7 Å². The molecule has 102 valence electrons. The summed E-state index contributed by atoms with van der Waals surface area (Å²) in [5.74, 6) is -0.174. The number of rotatable bonds is 3. The number of nitrogens with one attached hydrogen (secondary N) is 3. The van der Waals surface area contributed by atoms with Crippen molar-refractivity contribution in [3.05, 3.63) is 28.2 Å². The number of anilines is 1. The lowest BCUT2D eigenvalue weighted by Crippen LogP contribution is -3.16. The van der Waals surface area contributed by atoms with Crippen LogP contribution in [-0.2, 0) is 9.59 Å². The molecule has 1 atom stereocenters. The quantitative estimate of drug-likeness (QED) is 0.733. The first-order valence-electron chi connectivity index (χ1n) is 5.90. The van der Waals surface area contributed by atoms with Crippen LogP contribution in [0.15, 0.2) is 18.2 Å². The highest BCUT2D eigenvalue weighted by atomic mass is 35.5. The van der Waals surface area contributed by atoms with E-state index in [1.165, 1.54) is 0 Å². The van der Waals surface area contributed by atoms with E-state index in [2.05, 4.69) is 10.6 Å². The molecule has 7 heteroatoms. The summed E-state index contributed by atoms with van der Waals surface area (Å²) in [7, 11) is 0. The Balaban J connectivity index is 1.90. The van der Waals surface area contributed by atoms with Gasteiger partial charge < -0.3 is 15.5 Å². The third kappa shape index (κ3) is 4.09. The Bertz CT molecular complexity index is 508. The zero-order chi connectivity index (χ0) is 13.8. The summed E-state index contributed by atoms with van der Waals surface area (Å²) >= 11 is 11.7. The Labute approximate surface area is 120 Å². The second kappa shape index (κ2) is 6.23. The molecule has 1 aliphatic rings. The van der Waals surface area contributed by atoms with E-state index < -0.39 is 0 Å². The van der Waals surface area contributed by atoms with Crippen molar-refractivity contribution in [3.8, 4) is 0 Å². The maximum Gasteiger partial charge on any atom is 0.279 e. The van der Waals surface area contributed by atoms with Crippen LogP contribution in [0.25, 0.3) is 0 Å². The van der Waals surface area contributed by atoms with E-state index >= 15 is 0 Å². The first kappa shape index (κ1) is 14.1. The minimum Gasteiger partial charge on any atom is -0.346 e. The van der Waals surface area contributed by atoms with Gasteiger partial charge in [0.05, 0.1) is 23.1 Å². The van der Waals surface area contributed by atoms with Crippen LogP contribution < -0.4 is 15.5 Å². The highest BCUT2D eigenvalue weighted by molar-refractivity contribution is 6.42. The predicted molar refractivity (Wildman–Crippen MR) is 73.7 cm³/mol. The van der Waals surface area contributed by atoms with Crippen LogP contribution in [0.4, 0.5) is 5.69 Å². The van der Waals surface area contributed by atoms with Crippen molar-refractivity contribution < 1.29 is 14.5 Å². The van der Waals surface area contributed by atoms with Crippen LogP contribution in [-0.4, -0.2) is 38.0 Å². The lowest BCUT2D eigenvalue weighted by Gasteiger charge is -2.22. The molecule has 0 spiro atoms. The molecule has 2 amide bonds. The molecule has 1 aromatic carbocycles.